The van der Waals surface area contributed by atoms with Crippen molar-refractivity contribution in [1.29, 1.82) is 0 Å². The third-order valence-electron chi connectivity index (χ3n) is 5.71. The Kier molecular flexibility index (Phi) is 13.9. The largest absolute Gasteiger partial charge is 0.396 e. The molecule has 0 aliphatic carbocycles. The Labute approximate surface area is 189 Å². The van der Waals surface area contributed by atoms with Gasteiger partial charge in [-0.2, -0.15) is 0 Å². The molecule has 0 saturated heterocycles. The lowest BCUT2D eigenvalue weighted by molar-refractivity contribution is 0.199. The Bertz CT molecular complexity index is 601. The van der Waals surface area contributed by atoms with E-state index in [1.165, 1.54) is 43.2 Å². The third-order valence-corrected chi connectivity index (χ3v) is 5.71. The van der Waals surface area contributed by atoms with Gasteiger partial charge < -0.3 is 15.1 Å². The predicted octanol–water partition coefficient (Wildman–Crippen LogP) is 4.71. The molecule has 0 atom stereocenters. The first-order chi connectivity index (χ1) is 15.3. The first-order valence-electron chi connectivity index (χ1n) is 12.1. The van der Waals surface area contributed by atoms with Crippen LogP contribution in [0.3, 0.4) is 0 Å². The minimum absolute atomic E-state index is 0.248. The van der Waals surface area contributed by atoms with Gasteiger partial charge in [0.05, 0.1) is 0 Å². The highest BCUT2D eigenvalue weighted by atomic mass is 16.3. The van der Waals surface area contributed by atoms with Crippen molar-refractivity contribution in [3.63, 3.8) is 0 Å². The number of unbranched alkanes of at least 4 members (excludes halogenated alkanes) is 4. The molecule has 172 valence electrons. The van der Waals surface area contributed by atoms with Crippen molar-refractivity contribution in [2.75, 3.05) is 39.4 Å². The molecule has 0 bridgehead atoms. The average Bonchev–Trinajstić information content (AvgIpc) is 2.81. The summed E-state index contributed by atoms with van der Waals surface area (Å²) in [5.74, 6) is 0. The standard InChI is InChI=1S/C27H42N2O2/c30-22-12-20-28(21-13-23-31)18-10-2-1-3-11-19-29(24-26-14-6-4-7-15-26)25-27-16-8-5-9-17-27/h4-9,14-17,30-31H,1-3,10-13,18-25H2. The maximum atomic E-state index is 9.06. The minimum atomic E-state index is 0.248. The fourth-order valence-corrected chi connectivity index (χ4v) is 4.02. The van der Waals surface area contributed by atoms with Gasteiger partial charge >= 0.3 is 0 Å². The van der Waals surface area contributed by atoms with Crippen LogP contribution in [0.25, 0.3) is 0 Å². The maximum Gasteiger partial charge on any atom is 0.0443 e. The van der Waals surface area contributed by atoms with Crippen LogP contribution in [0.2, 0.25) is 0 Å². The molecule has 0 fully saturated rings. The van der Waals surface area contributed by atoms with E-state index in [1.54, 1.807) is 0 Å². The lowest BCUT2D eigenvalue weighted by Gasteiger charge is -2.23. The fraction of sp³-hybridized carbons (Fsp3) is 0.556. The monoisotopic (exact) mass is 426 g/mol. The Morgan fingerprint density at radius 1 is 0.452 bits per heavy atom. The van der Waals surface area contributed by atoms with E-state index >= 15 is 0 Å². The zero-order valence-corrected chi connectivity index (χ0v) is 19.2. The molecular weight excluding hydrogens is 384 g/mol. The molecule has 2 aromatic carbocycles. The summed E-state index contributed by atoms with van der Waals surface area (Å²) >= 11 is 0. The van der Waals surface area contributed by atoms with E-state index in [9.17, 15) is 0 Å². The van der Waals surface area contributed by atoms with Gasteiger partial charge in [-0.25, -0.2) is 0 Å². The molecule has 4 heteroatoms. The van der Waals surface area contributed by atoms with Gasteiger partial charge in [0.15, 0.2) is 0 Å². The average molecular weight is 427 g/mol. The first-order valence-corrected chi connectivity index (χ1v) is 12.1. The topological polar surface area (TPSA) is 46.9 Å². The van der Waals surface area contributed by atoms with Gasteiger partial charge in [-0.3, -0.25) is 4.90 Å². The summed E-state index contributed by atoms with van der Waals surface area (Å²) in [5.41, 5.74) is 2.76. The lowest BCUT2D eigenvalue weighted by atomic mass is 10.1. The molecule has 0 spiro atoms. The minimum Gasteiger partial charge on any atom is -0.396 e. The summed E-state index contributed by atoms with van der Waals surface area (Å²) in [7, 11) is 0. The van der Waals surface area contributed by atoms with E-state index < -0.39 is 0 Å². The molecule has 0 saturated carbocycles. The molecule has 0 aliphatic heterocycles. The summed E-state index contributed by atoms with van der Waals surface area (Å²) in [6.45, 7) is 6.57. The molecule has 2 aromatic rings. The lowest BCUT2D eigenvalue weighted by Crippen LogP contribution is -2.28. The molecule has 0 aliphatic rings. The van der Waals surface area contributed by atoms with Crippen molar-refractivity contribution in [3.05, 3.63) is 71.8 Å². The Balaban J connectivity index is 1.67. The van der Waals surface area contributed by atoms with Crippen LogP contribution in [0.1, 0.15) is 56.1 Å². The molecule has 0 radical (unpaired) electrons. The van der Waals surface area contributed by atoms with Crippen LogP contribution < -0.4 is 0 Å². The Morgan fingerprint density at radius 3 is 1.29 bits per heavy atom. The molecule has 0 aromatic heterocycles. The first kappa shape index (κ1) is 25.5. The molecule has 2 N–H and O–H groups in total. The van der Waals surface area contributed by atoms with Crippen LogP contribution in [0, 0.1) is 0 Å². The molecule has 2 rings (SSSR count). The van der Waals surface area contributed by atoms with Crippen molar-refractivity contribution in [2.45, 2.75) is 58.0 Å². The molecule has 31 heavy (non-hydrogen) atoms. The molecule has 0 unspecified atom stereocenters. The number of nitrogens with zero attached hydrogens (tertiary/aromatic N) is 2. The van der Waals surface area contributed by atoms with Crippen LogP contribution >= 0.6 is 0 Å². The van der Waals surface area contributed by atoms with E-state index in [1.807, 2.05) is 0 Å². The van der Waals surface area contributed by atoms with Crippen LogP contribution in [-0.4, -0.2) is 59.4 Å². The quantitative estimate of drug-likeness (QED) is 0.339. The van der Waals surface area contributed by atoms with Crippen molar-refractivity contribution in [1.82, 2.24) is 9.80 Å². The normalized spacial score (nSPS) is 11.5. The zero-order chi connectivity index (χ0) is 22.0. The predicted molar refractivity (Wildman–Crippen MR) is 130 cm³/mol. The molecule has 0 heterocycles. The van der Waals surface area contributed by atoms with Gasteiger partial charge in [-0.05, 0) is 49.9 Å². The summed E-state index contributed by atoms with van der Waals surface area (Å²) in [6.07, 6.45) is 7.89. The van der Waals surface area contributed by atoms with Crippen LogP contribution in [0.5, 0.6) is 0 Å². The Hall–Kier alpha value is -1.72. The van der Waals surface area contributed by atoms with Crippen LogP contribution in [0.15, 0.2) is 60.7 Å². The van der Waals surface area contributed by atoms with Crippen molar-refractivity contribution in [2.24, 2.45) is 0 Å². The highest BCUT2D eigenvalue weighted by molar-refractivity contribution is 5.17. The number of hydrogen-bond acceptors (Lipinski definition) is 4. The van der Waals surface area contributed by atoms with Gasteiger partial charge in [0.25, 0.3) is 0 Å². The second-order valence-electron chi connectivity index (χ2n) is 8.45. The van der Waals surface area contributed by atoms with E-state index in [0.717, 1.165) is 52.1 Å². The number of rotatable bonds is 18. The van der Waals surface area contributed by atoms with Gasteiger partial charge in [-0.1, -0.05) is 79.9 Å². The van der Waals surface area contributed by atoms with Crippen LogP contribution in [0.4, 0.5) is 0 Å². The van der Waals surface area contributed by atoms with Crippen molar-refractivity contribution in [3.8, 4) is 0 Å². The number of aliphatic hydroxyl groups is 2. The third kappa shape index (κ3) is 12.0. The van der Waals surface area contributed by atoms with E-state index in [-0.39, 0.29) is 13.2 Å². The summed E-state index contributed by atoms with van der Waals surface area (Å²) in [5, 5.41) is 18.1. The highest BCUT2D eigenvalue weighted by Crippen LogP contribution is 2.13. The van der Waals surface area contributed by atoms with Gasteiger partial charge in [0, 0.05) is 39.4 Å². The summed E-state index contributed by atoms with van der Waals surface area (Å²) in [6, 6.07) is 21.5. The molecule has 4 nitrogen and oxygen atoms in total. The van der Waals surface area contributed by atoms with Crippen molar-refractivity contribution < 1.29 is 10.2 Å². The highest BCUT2D eigenvalue weighted by Gasteiger charge is 2.08. The number of aliphatic hydroxyl groups excluding tert-OH is 2. The summed E-state index contributed by atoms with van der Waals surface area (Å²) < 4.78 is 0. The van der Waals surface area contributed by atoms with Crippen LogP contribution in [-0.2, 0) is 13.1 Å². The van der Waals surface area contributed by atoms with Gasteiger partial charge in [0.1, 0.15) is 0 Å². The van der Waals surface area contributed by atoms with E-state index in [2.05, 4.69) is 70.5 Å². The maximum absolute atomic E-state index is 9.06. The van der Waals surface area contributed by atoms with Gasteiger partial charge in [-0.15, -0.1) is 0 Å². The number of hydrogen-bond donors (Lipinski definition) is 2. The zero-order valence-electron chi connectivity index (χ0n) is 19.2. The van der Waals surface area contributed by atoms with E-state index in [4.69, 9.17) is 10.2 Å². The van der Waals surface area contributed by atoms with Gasteiger partial charge in [0.2, 0.25) is 0 Å². The molecule has 0 amide bonds. The smallest absolute Gasteiger partial charge is 0.0443 e. The SMILES string of the molecule is OCCCN(CCCO)CCCCCCCN(Cc1ccccc1)Cc1ccccc1. The van der Waals surface area contributed by atoms with Crippen molar-refractivity contribution >= 4 is 0 Å². The second kappa shape index (κ2) is 16.9. The fourth-order valence-electron chi connectivity index (χ4n) is 4.02. The Morgan fingerprint density at radius 2 is 0.839 bits per heavy atom. The second-order valence-corrected chi connectivity index (χ2v) is 8.45. The summed E-state index contributed by atoms with van der Waals surface area (Å²) in [4.78, 5) is 4.95. The number of benzene rings is 2. The van der Waals surface area contributed by atoms with E-state index in [0.29, 0.717) is 0 Å². The molecular formula is C27H42N2O2.